The lowest BCUT2D eigenvalue weighted by molar-refractivity contribution is -0.961. The van der Waals surface area contributed by atoms with Crippen molar-refractivity contribution in [2.45, 2.75) is 75.4 Å². The highest BCUT2D eigenvalue weighted by molar-refractivity contribution is 6.39. The van der Waals surface area contributed by atoms with Gasteiger partial charge in [0.25, 0.3) is 0 Å². The van der Waals surface area contributed by atoms with Gasteiger partial charge in [-0.15, -0.1) is 6.07 Å². The van der Waals surface area contributed by atoms with Crippen molar-refractivity contribution in [2.24, 2.45) is 0 Å². The summed E-state index contributed by atoms with van der Waals surface area (Å²) >= 11 is 0. The van der Waals surface area contributed by atoms with Crippen molar-refractivity contribution in [2.75, 3.05) is 27.7 Å². The highest BCUT2D eigenvalue weighted by Gasteiger charge is 2.54. The van der Waals surface area contributed by atoms with Gasteiger partial charge in [0.05, 0.1) is 66.7 Å². The molecule has 0 bridgehead atoms. The number of hydrogen-bond acceptors (Lipinski definition) is 4. The molecule has 0 aromatic heterocycles. The molecule has 0 saturated carbocycles. The maximum absolute atomic E-state index is 14.8. The summed E-state index contributed by atoms with van der Waals surface area (Å²) in [5, 5.41) is 0. The van der Waals surface area contributed by atoms with E-state index in [9.17, 15) is 105 Å². The molecule has 0 fully saturated rings. The van der Waals surface area contributed by atoms with Crippen molar-refractivity contribution >= 4 is 7.32 Å². The predicted molar refractivity (Wildman–Crippen MR) is 194 cm³/mol. The van der Waals surface area contributed by atoms with Gasteiger partial charge in [-0.3, -0.25) is 4.48 Å². The van der Waals surface area contributed by atoms with Gasteiger partial charge in [-0.1, -0.05) is 18.1 Å². The molecule has 0 heterocycles. The third kappa shape index (κ3) is 14.8. The average molecular weight is 1060 g/mol. The normalized spacial score (nSPS) is 14.4. The van der Waals surface area contributed by atoms with Gasteiger partial charge >= 0.3 is 56.7 Å². The summed E-state index contributed by atoms with van der Waals surface area (Å²) < 4.78 is 343. The van der Waals surface area contributed by atoms with Crippen LogP contribution in [0.1, 0.15) is 70.3 Å². The predicted octanol–water partition coefficient (Wildman–Crippen LogP) is 15.2. The maximum atomic E-state index is 14.8. The molecule has 30 heteroatoms. The van der Waals surface area contributed by atoms with E-state index in [1.807, 2.05) is 0 Å². The van der Waals surface area contributed by atoms with Gasteiger partial charge in [-0.05, 0) is 55.5 Å². The molecule has 0 saturated heterocycles. The topological polar surface area (TPSA) is 36.9 Å². The Kier molecular flexibility index (Phi) is 16.8. The minimum Gasteiger partial charge on any atom is -0.490 e. The molecule has 390 valence electrons. The monoisotopic (exact) mass is 1060 g/mol. The molecule has 0 aliphatic heterocycles. The van der Waals surface area contributed by atoms with Crippen molar-refractivity contribution in [3.05, 3.63) is 123 Å². The molecule has 0 spiro atoms. The summed E-state index contributed by atoms with van der Waals surface area (Å²) in [4.78, 5) is 0. The molecular formula is C40H30BF24NO4. The first-order chi connectivity index (χ1) is 31.3. The average Bonchev–Trinajstić information content (AvgIpc) is 3.16. The van der Waals surface area contributed by atoms with E-state index < -0.39 is 159 Å². The van der Waals surface area contributed by atoms with Crippen LogP contribution in [0.2, 0.25) is 0 Å². The fourth-order valence-electron chi connectivity index (χ4n) is 6.28. The molecule has 0 aliphatic rings. The first-order valence-corrected chi connectivity index (χ1v) is 18.8. The fourth-order valence-corrected chi connectivity index (χ4v) is 6.28. The van der Waals surface area contributed by atoms with Gasteiger partial charge in [0, 0.05) is 6.42 Å². The van der Waals surface area contributed by atoms with E-state index in [4.69, 9.17) is 18.7 Å². The van der Waals surface area contributed by atoms with Crippen LogP contribution in [-0.2, 0) is 59.9 Å². The minimum atomic E-state index is -5.73. The molecule has 1 atom stereocenters. The Morgan fingerprint density at radius 2 is 0.729 bits per heavy atom. The SMILES string of the molecule is CCOC(CC)(c1c(OB(Oc2cc(C(F)(F)F)cc(C(F)(F)F)c2)Oc2cc(C(F)(F)F)cc(C(F)(F)F)c2)cc(C(F)(F)F)cc1C(F)(F)F)[N+](C)(C)C.FC(F)(F)c1c[c-]cc(C(F)(F)F)c1. The van der Waals surface area contributed by atoms with Crippen molar-refractivity contribution in [1.82, 2.24) is 0 Å². The first-order valence-electron chi connectivity index (χ1n) is 18.8. The lowest BCUT2D eigenvalue weighted by Gasteiger charge is -2.46. The van der Waals surface area contributed by atoms with E-state index in [-0.39, 0.29) is 42.5 Å². The van der Waals surface area contributed by atoms with Crippen LogP contribution in [0.4, 0.5) is 105 Å². The van der Waals surface area contributed by atoms with E-state index in [2.05, 4.69) is 0 Å². The van der Waals surface area contributed by atoms with Gasteiger partial charge in [0.2, 0.25) is 5.72 Å². The van der Waals surface area contributed by atoms with Crippen molar-refractivity contribution in [1.29, 1.82) is 0 Å². The van der Waals surface area contributed by atoms with Crippen LogP contribution in [0.25, 0.3) is 0 Å². The Labute approximate surface area is 379 Å². The van der Waals surface area contributed by atoms with Crippen molar-refractivity contribution in [3.8, 4) is 17.2 Å². The smallest absolute Gasteiger partial charge is 0.490 e. The molecule has 4 aromatic carbocycles. The number of alkyl halides is 24. The summed E-state index contributed by atoms with van der Waals surface area (Å²) in [6, 6.07) is 0.623. The Balaban J connectivity index is 0.000000791. The number of ether oxygens (including phenoxy) is 1. The van der Waals surface area contributed by atoms with Crippen LogP contribution in [0.15, 0.2) is 66.7 Å². The first kappa shape index (κ1) is 58.9. The van der Waals surface area contributed by atoms with Crippen molar-refractivity contribution in [3.63, 3.8) is 0 Å². The van der Waals surface area contributed by atoms with Crippen LogP contribution in [0.5, 0.6) is 17.2 Å². The second-order valence-electron chi connectivity index (χ2n) is 15.1. The maximum Gasteiger partial charge on any atom is 0.864 e. The summed E-state index contributed by atoms with van der Waals surface area (Å²) in [7, 11) is 0.270. The lowest BCUT2D eigenvalue weighted by Crippen LogP contribution is -2.57. The Bertz CT molecular complexity index is 2250. The summed E-state index contributed by atoms with van der Waals surface area (Å²) in [5.41, 5.74) is -19.2. The molecule has 4 aromatic rings. The zero-order chi connectivity index (χ0) is 54.2. The van der Waals surface area contributed by atoms with E-state index >= 15 is 0 Å². The molecule has 5 nitrogen and oxygen atoms in total. The van der Waals surface area contributed by atoms with Gasteiger partial charge in [-0.25, -0.2) is 0 Å². The van der Waals surface area contributed by atoms with Gasteiger partial charge < -0.3 is 18.7 Å². The van der Waals surface area contributed by atoms with Gasteiger partial charge in [-0.2, -0.15) is 124 Å². The molecule has 0 N–H and O–H groups in total. The third-order valence-corrected chi connectivity index (χ3v) is 9.32. The highest BCUT2D eigenvalue weighted by atomic mass is 19.4. The van der Waals surface area contributed by atoms with Crippen LogP contribution in [0.3, 0.4) is 0 Å². The zero-order valence-corrected chi connectivity index (χ0v) is 35.5. The van der Waals surface area contributed by atoms with Crippen molar-refractivity contribution < 1.29 is 129 Å². The highest BCUT2D eigenvalue weighted by Crippen LogP contribution is 2.51. The Morgan fingerprint density at radius 1 is 0.414 bits per heavy atom. The standard InChI is InChI=1S/C32H27BF18NO4.C8H3F6/c1-6-26(53-7-2,52(3,4)5)25-23(32(49,50)51)14-20(31(46,47)48)15-24(25)56-33(54-21-10-16(27(34,35)36)8-17(11-21)28(37,38)39)55-22-12-18(29(40,41)42)9-19(13-22)30(43,44)45;9-7(10,11)5-2-1-3-6(4-5)8(12,13)14/h8-15H,6-7H2,1-5H3;2-4H/q+1;-1. The van der Waals surface area contributed by atoms with E-state index in [0.29, 0.717) is 12.1 Å². The quantitative estimate of drug-likeness (QED) is 0.0493. The summed E-state index contributed by atoms with van der Waals surface area (Å²) in [6.45, 7) is 1.99. The number of rotatable bonds is 11. The number of benzene rings is 4. The van der Waals surface area contributed by atoms with Crippen LogP contribution in [-0.4, -0.2) is 39.6 Å². The Morgan fingerprint density at radius 3 is 1.00 bits per heavy atom. The van der Waals surface area contributed by atoms with E-state index in [0.717, 1.165) is 0 Å². The molecule has 0 aliphatic carbocycles. The third-order valence-electron chi connectivity index (χ3n) is 9.32. The van der Waals surface area contributed by atoms with Gasteiger partial charge in [0.15, 0.2) is 0 Å². The number of halogens is 24. The number of nitrogens with zero attached hydrogens (tertiary/aromatic N) is 1. The second-order valence-corrected chi connectivity index (χ2v) is 15.1. The van der Waals surface area contributed by atoms with E-state index in [1.54, 1.807) is 6.07 Å². The number of quaternary nitrogens is 1. The zero-order valence-electron chi connectivity index (χ0n) is 35.5. The number of hydrogen-bond donors (Lipinski definition) is 0. The summed E-state index contributed by atoms with van der Waals surface area (Å²) in [6.07, 6.45) is -43.9. The summed E-state index contributed by atoms with van der Waals surface area (Å²) in [5.74, 6) is -4.86. The molecule has 1 unspecified atom stereocenters. The fraction of sp³-hybridized carbons (Fsp3) is 0.400. The van der Waals surface area contributed by atoms with Crippen LogP contribution >= 0.6 is 0 Å². The molecule has 0 radical (unpaired) electrons. The van der Waals surface area contributed by atoms with Crippen LogP contribution in [0, 0.1) is 6.07 Å². The molecule has 0 amide bonds. The molecular weight excluding hydrogens is 1030 g/mol. The van der Waals surface area contributed by atoms with Crippen LogP contribution < -0.4 is 14.0 Å². The lowest BCUT2D eigenvalue weighted by atomic mass is 9.88. The largest absolute Gasteiger partial charge is 0.864 e. The Hall–Kier alpha value is -5.42. The minimum absolute atomic E-state index is 0.0521. The van der Waals surface area contributed by atoms with Gasteiger partial charge in [0.1, 0.15) is 17.2 Å². The second kappa shape index (κ2) is 20.0. The molecule has 4 rings (SSSR count). The van der Waals surface area contributed by atoms with E-state index in [1.165, 1.54) is 35.0 Å². The molecule has 70 heavy (non-hydrogen) atoms.